The van der Waals surface area contributed by atoms with Crippen molar-refractivity contribution >= 4 is 0 Å². The third kappa shape index (κ3) is 0.767. The summed E-state index contributed by atoms with van der Waals surface area (Å²) in [4.78, 5) is 0. The van der Waals surface area contributed by atoms with Gasteiger partial charge in [0.1, 0.15) is 5.67 Å². The standard InChI is InChI=1S/C6H10F/c1-2-6(7)4-3-5-6/h1-5H2. The zero-order valence-corrected chi connectivity index (χ0v) is 4.41. The molecule has 1 heteroatoms. The van der Waals surface area contributed by atoms with Crippen LogP contribution in [0.25, 0.3) is 0 Å². The third-order valence-electron chi connectivity index (χ3n) is 1.70. The van der Waals surface area contributed by atoms with E-state index in [9.17, 15) is 4.39 Å². The molecule has 0 amide bonds. The molecule has 0 heterocycles. The molecule has 7 heavy (non-hydrogen) atoms. The van der Waals surface area contributed by atoms with E-state index in [1.54, 1.807) is 0 Å². The van der Waals surface area contributed by atoms with Gasteiger partial charge in [-0.05, 0) is 25.7 Å². The number of hydrogen-bond acceptors (Lipinski definition) is 0. The van der Waals surface area contributed by atoms with E-state index < -0.39 is 5.67 Å². The first kappa shape index (κ1) is 5.07. The van der Waals surface area contributed by atoms with Crippen molar-refractivity contribution in [3.8, 4) is 0 Å². The molecular weight excluding hydrogens is 91.1 g/mol. The average Bonchev–Trinajstić information content (AvgIpc) is 1.61. The summed E-state index contributed by atoms with van der Waals surface area (Å²) < 4.78 is 12.6. The Kier molecular flexibility index (Phi) is 1.06. The van der Waals surface area contributed by atoms with E-state index in [1.807, 2.05) is 0 Å². The topological polar surface area (TPSA) is 0 Å². The van der Waals surface area contributed by atoms with Gasteiger partial charge in [-0.15, -0.1) is 0 Å². The summed E-state index contributed by atoms with van der Waals surface area (Å²) in [7, 11) is 0. The molecule has 1 fully saturated rings. The van der Waals surface area contributed by atoms with Crippen LogP contribution < -0.4 is 0 Å². The molecule has 0 aromatic carbocycles. The first-order chi connectivity index (χ1) is 3.27. The lowest BCUT2D eigenvalue weighted by Crippen LogP contribution is -2.30. The third-order valence-corrected chi connectivity index (χ3v) is 1.70. The molecule has 0 aromatic rings. The molecule has 1 aliphatic carbocycles. The van der Waals surface area contributed by atoms with Crippen molar-refractivity contribution in [2.45, 2.75) is 31.4 Å². The van der Waals surface area contributed by atoms with Gasteiger partial charge < -0.3 is 0 Å². The van der Waals surface area contributed by atoms with Gasteiger partial charge in [-0.1, -0.05) is 6.92 Å². The first-order valence-electron chi connectivity index (χ1n) is 2.75. The van der Waals surface area contributed by atoms with Crippen LogP contribution in [0.5, 0.6) is 0 Å². The van der Waals surface area contributed by atoms with Crippen LogP contribution >= 0.6 is 0 Å². The first-order valence-corrected chi connectivity index (χ1v) is 2.75. The van der Waals surface area contributed by atoms with Crippen molar-refractivity contribution in [1.82, 2.24) is 0 Å². The van der Waals surface area contributed by atoms with Crippen LogP contribution in [0.4, 0.5) is 4.39 Å². The number of alkyl halides is 1. The Morgan fingerprint density at radius 2 is 2.14 bits per heavy atom. The maximum Gasteiger partial charge on any atom is 0.111 e. The molecule has 0 nitrogen and oxygen atoms in total. The van der Waals surface area contributed by atoms with Gasteiger partial charge in [0.25, 0.3) is 0 Å². The fraction of sp³-hybridized carbons (Fsp3) is 0.833. The predicted molar refractivity (Wildman–Crippen MR) is 27.7 cm³/mol. The average molecular weight is 101 g/mol. The summed E-state index contributed by atoms with van der Waals surface area (Å²) in [5.41, 5.74) is -0.847. The van der Waals surface area contributed by atoms with Crippen molar-refractivity contribution in [2.24, 2.45) is 0 Å². The lowest BCUT2D eigenvalue weighted by atomic mass is 9.80. The van der Waals surface area contributed by atoms with E-state index in [0.29, 0.717) is 6.42 Å². The van der Waals surface area contributed by atoms with Crippen LogP contribution in [0.3, 0.4) is 0 Å². The number of rotatable bonds is 1. The summed E-state index contributed by atoms with van der Waals surface area (Å²) in [5.74, 6) is 0. The minimum absolute atomic E-state index is 0.465. The van der Waals surface area contributed by atoms with Crippen LogP contribution in [0.1, 0.15) is 25.7 Å². The van der Waals surface area contributed by atoms with Gasteiger partial charge in [0.15, 0.2) is 0 Å². The fourth-order valence-electron chi connectivity index (χ4n) is 0.810. The van der Waals surface area contributed by atoms with Crippen molar-refractivity contribution < 1.29 is 4.39 Å². The van der Waals surface area contributed by atoms with E-state index in [4.69, 9.17) is 0 Å². The van der Waals surface area contributed by atoms with Gasteiger partial charge in [-0.25, -0.2) is 4.39 Å². The van der Waals surface area contributed by atoms with Crippen LogP contribution in [-0.4, -0.2) is 5.67 Å². The van der Waals surface area contributed by atoms with Gasteiger partial charge >= 0.3 is 0 Å². The second kappa shape index (κ2) is 1.46. The van der Waals surface area contributed by atoms with E-state index in [-0.39, 0.29) is 0 Å². The molecule has 1 radical (unpaired) electrons. The molecule has 1 rings (SSSR count). The van der Waals surface area contributed by atoms with Gasteiger partial charge in [0, 0.05) is 0 Å². The largest absolute Gasteiger partial charge is 0.244 e. The van der Waals surface area contributed by atoms with Crippen LogP contribution in [0.2, 0.25) is 0 Å². The molecule has 0 aliphatic heterocycles. The Morgan fingerprint density at radius 3 is 2.14 bits per heavy atom. The minimum Gasteiger partial charge on any atom is -0.244 e. The zero-order valence-electron chi connectivity index (χ0n) is 4.41. The van der Waals surface area contributed by atoms with E-state index in [0.717, 1.165) is 19.3 Å². The molecule has 0 spiro atoms. The Bertz CT molecular complexity index is 59.1. The second-order valence-electron chi connectivity index (χ2n) is 2.25. The lowest BCUT2D eigenvalue weighted by molar-refractivity contribution is 0.0664. The van der Waals surface area contributed by atoms with E-state index >= 15 is 0 Å². The second-order valence-corrected chi connectivity index (χ2v) is 2.25. The Morgan fingerprint density at radius 1 is 1.57 bits per heavy atom. The van der Waals surface area contributed by atoms with E-state index in [1.165, 1.54) is 0 Å². The highest BCUT2D eigenvalue weighted by Gasteiger charge is 2.34. The molecule has 0 aromatic heterocycles. The summed E-state index contributed by atoms with van der Waals surface area (Å²) in [6.07, 6.45) is 3.02. The Hall–Kier alpha value is -0.0700. The molecule has 0 atom stereocenters. The number of hydrogen-bond donors (Lipinski definition) is 0. The minimum atomic E-state index is -0.847. The zero-order chi connectivity index (χ0) is 5.33. The van der Waals surface area contributed by atoms with Gasteiger partial charge in [0.05, 0.1) is 0 Å². The summed E-state index contributed by atoms with van der Waals surface area (Å²) in [5, 5.41) is 0. The van der Waals surface area contributed by atoms with Crippen molar-refractivity contribution in [3.63, 3.8) is 0 Å². The quantitative estimate of drug-likeness (QED) is 0.474. The SMILES string of the molecule is [CH2]CC1(F)CCC1. The highest BCUT2D eigenvalue weighted by Crippen LogP contribution is 2.37. The maximum absolute atomic E-state index is 12.6. The lowest BCUT2D eigenvalue weighted by Gasteiger charge is -2.32. The van der Waals surface area contributed by atoms with Crippen molar-refractivity contribution in [2.75, 3.05) is 0 Å². The van der Waals surface area contributed by atoms with Gasteiger partial charge in [0.2, 0.25) is 0 Å². The monoisotopic (exact) mass is 101 g/mol. The molecular formula is C6H10F. The predicted octanol–water partition coefficient (Wildman–Crippen LogP) is 2.10. The fourth-order valence-corrected chi connectivity index (χ4v) is 0.810. The van der Waals surface area contributed by atoms with Gasteiger partial charge in [-0.3, -0.25) is 0 Å². The molecule has 1 saturated carbocycles. The smallest absolute Gasteiger partial charge is 0.111 e. The highest BCUT2D eigenvalue weighted by molar-refractivity contribution is 4.88. The van der Waals surface area contributed by atoms with Gasteiger partial charge in [-0.2, -0.15) is 0 Å². The summed E-state index contributed by atoms with van der Waals surface area (Å²) in [6.45, 7) is 3.50. The summed E-state index contributed by atoms with van der Waals surface area (Å²) in [6, 6.07) is 0. The van der Waals surface area contributed by atoms with Crippen LogP contribution in [0, 0.1) is 6.92 Å². The molecule has 0 N–H and O–H groups in total. The van der Waals surface area contributed by atoms with Crippen molar-refractivity contribution in [3.05, 3.63) is 6.92 Å². The maximum atomic E-state index is 12.6. The normalized spacial score (nSPS) is 26.6. The van der Waals surface area contributed by atoms with Crippen molar-refractivity contribution in [1.29, 1.82) is 0 Å². The van der Waals surface area contributed by atoms with Crippen LogP contribution in [0.15, 0.2) is 0 Å². The molecule has 0 bridgehead atoms. The van der Waals surface area contributed by atoms with Crippen LogP contribution in [-0.2, 0) is 0 Å². The highest BCUT2D eigenvalue weighted by atomic mass is 19.1. The molecule has 1 aliphatic rings. The molecule has 0 unspecified atom stereocenters. The summed E-state index contributed by atoms with van der Waals surface area (Å²) >= 11 is 0. The van der Waals surface area contributed by atoms with E-state index in [2.05, 4.69) is 6.92 Å². The number of halogens is 1. The Balaban J connectivity index is 2.29. The Labute approximate surface area is 43.7 Å². The molecule has 0 saturated heterocycles. The molecule has 41 valence electrons.